The SMILES string of the molecule is [2H]C([2H])=C([2H])C(=O)Nc1cc(Cc2nccc(-c3cn(C)c4ccccc34)n2)c(OC)cc1N(C)C([2H])([2H])C([2H])([2H])N(C([2H])([2H])[2H])C([2H])([2H])[2H]. The van der Waals surface area contributed by atoms with E-state index in [2.05, 4.69) is 10.3 Å². The molecule has 1 amide bonds. The van der Waals surface area contributed by atoms with E-state index >= 15 is 0 Å². The van der Waals surface area contributed by atoms with Gasteiger partial charge in [0.05, 0.1) is 31.0 Å². The number of nitrogens with zero attached hydrogens (tertiary/aromatic N) is 5. The first-order valence-corrected chi connectivity index (χ1v) is 11.1. The largest absolute Gasteiger partial charge is 0.496 e. The summed E-state index contributed by atoms with van der Waals surface area (Å²) in [5.74, 6) is -0.849. The van der Waals surface area contributed by atoms with Crippen molar-refractivity contribution in [2.24, 2.45) is 7.05 Å². The summed E-state index contributed by atoms with van der Waals surface area (Å²) in [6.45, 7) is -15.5. The summed E-state index contributed by atoms with van der Waals surface area (Å²) in [5.41, 5.74) is 2.19. The normalized spacial score (nSPS) is 17.6. The molecule has 0 unspecified atom stereocenters. The van der Waals surface area contributed by atoms with Crippen molar-refractivity contribution in [1.82, 2.24) is 19.4 Å². The molecule has 0 aliphatic heterocycles. The van der Waals surface area contributed by atoms with Crippen LogP contribution in [0.25, 0.3) is 22.2 Å². The van der Waals surface area contributed by atoms with Crippen LogP contribution >= 0.6 is 0 Å². The van der Waals surface area contributed by atoms with E-state index in [0.717, 1.165) is 23.5 Å². The highest BCUT2D eigenvalue weighted by Gasteiger charge is 2.17. The van der Waals surface area contributed by atoms with Crippen LogP contribution in [0.3, 0.4) is 0 Å². The second-order valence-electron chi connectivity index (χ2n) is 8.08. The number of nitrogens with one attached hydrogen (secondary N) is 1. The highest BCUT2D eigenvalue weighted by atomic mass is 16.5. The van der Waals surface area contributed by atoms with Gasteiger partial charge < -0.3 is 24.4 Å². The van der Waals surface area contributed by atoms with E-state index in [0.29, 0.717) is 22.0 Å². The number of fused-ring (bicyclic) bond motifs is 1. The van der Waals surface area contributed by atoms with Gasteiger partial charge in [0.15, 0.2) is 0 Å². The van der Waals surface area contributed by atoms with Gasteiger partial charge in [0, 0.05) is 85.0 Å². The summed E-state index contributed by atoms with van der Waals surface area (Å²) < 4.78 is 111. The van der Waals surface area contributed by atoms with Crippen molar-refractivity contribution in [1.29, 1.82) is 0 Å². The molecule has 8 nitrogen and oxygen atoms in total. The van der Waals surface area contributed by atoms with Crippen LogP contribution in [-0.4, -0.2) is 66.4 Å². The number of rotatable bonds is 10. The van der Waals surface area contributed by atoms with Gasteiger partial charge in [-0.1, -0.05) is 24.7 Å². The lowest BCUT2D eigenvalue weighted by Gasteiger charge is -2.25. The van der Waals surface area contributed by atoms with Crippen molar-refractivity contribution in [3.63, 3.8) is 0 Å². The maximum absolute atomic E-state index is 12.9. The van der Waals surface area contributed by atoms with E-state index in [9.17, 15) is 4.79 Å². The van der Waals surface area contributed by atoms with Crippen LogP contribution in [0, 0.1) is 0 Å². The molecule has 2 aromatic heterocycles. The zero-order valence-corrected chi connectivity index (χ0v) is 20.5. The molecule has 0 radical (unpaired) electrons. The third-order valence-corrected chi connectivity index (χ3v) is 5.68. The van der Waals surface area contributed by atoms with Crippen LogP contribution in [0.1, 0.15) is 29.2 Å². The number of carbonyl (C=O) groups excluding carboxylic acids is 1. The quantitative estimate of drug-likeness (QED) is 0.319. The summed E-state index contributed by atoms with van der Waals surface area (Å²) in [6.07, 6.45) is 3.48. The molecule has 0 aliphatic carbocycles. The zero-order valence-electron chi connectivity index (χ0n) is 33.5. The van der Waals surface area contributed by atoms with Gasteiger partial charge in [-0.05, 0) is 38.2 Å². The molecule has 0 aliphatic rings. The Morgan fingerprint density at radius 2 is 2.16 bits per heavy atom. The Balaban J connectivity index is 1.85. The second kappa shape index (κ2) is 11.3. The highest BCUT2D eigenvalue weighted by Crippen LogP contribution is 2.35. The number of carbonyl (C=O) groups is 1. The lowest BCUT2D eigenvalue weighted by Crippen LogP contribution is -2.29. The standard InChI is InChI=1S/C29H34N6O2/c1-7-29(36)32-24-16-20(27(37-6)18-26(24)34(4)15-14-33(2)3)17-28-30-13-12-23(31-28)22-19-35(5)25-11-9-8-10-21(22)25/h7-13,16,18-19H,1,14-15,17H2,2-6H3,(H,32,36)/i1D2,2D3,3D3,7D,14D2,15D2. The fourth-order valence-corrected chi connectivity index (χ4v) is 4.01. The first-order chi connectivity index (χ1) is 23.0. The van der Waals surface area contributed by atoms with E-state index in [-0.39, 0.29) is 23.5 Å². The third kappa shape index (κ3) is 5.81. The molecule has 0 spiro atoms. The minimum Gasteiger partial charge on any atom is -0.496 e. The summed E-state index contributed by atoms with van der Waals surface area (Å²) in [4.78, 5) is 22.1. The number of para-hydroxylation sites is 1. The number of amides is 1. The number of ether oxygens (including phenoxy) is 1. The topological polar surface area (TPSA) is 75.5 Å². The van der Waals surface area contributed by atoms with Crippen LogP contribution in [0.4, 0.5) is 11.4 Å². The molecule has 37 heavy (non-hydrogen) atoms. The maximum atomic E-state index is 12.9. The molecule has 2 heterocycles. The maximum Gasteiger partial charge on any atom is 0.247 e. The molecule has 1 N–H and O–H groups in total. The van der Waals surface area contributed by atoms with Crippen molar-refractivity contribution in [3.05, 3.63) is 78.8 Å². The molecule has 4 rings (SSSR count). The first kappa shape index (κ1) is 13.9. The Hall–Kier alpha value is -4.17. The van der Waals surface area contributed by atoms with E-state index in [4.69, 9.17) is 27.5 Å². The Kier molecular flexibility index (Phi) is 4.25. The molecule has 0 fully saturated rings. The number of hydrogen-bond donors (Lipinski definition) is 1. The number of aryl methyl sites for hydroxylation is 1. The molecule has 4 aromatic rings. The molecule has 8 heteroatoms. The molecule has 0 atom stereocenters. The number of benzene rings is 2. The van der Waals surface area contributed by atoms with Gasteiger partial charge in [-0.25, -0.2) is 9.97 Å². The summed E-state index contributed by atoms with van der Waals surface area (Å²) >= 11 is 0. The van der Waals surface area contributed by atoms with Gasteiger partial charge in [-0.2, -0.15) is 0 Å². The Morgan fingerprint density at radius 3 is 2.95 bits per heavy atom. The van der Waals surface area contributed by atoms with Crippen LogP contribution in [-0.2, 0) is 18.3 Å². The van der Waals surface area contributed by atoms with Gasteiger partial charge >= 0.3 is 0 Å². The Morgan fingerprint density at radius 1 is 1.32 bits per heavy atom. The molecular formula is C29H34N6O2. The minimum atomic E-state index is -3.71. The van der Waals surface area contributed by atoms with Gasteiger partial charge in [-0.3, -0.25) is 4.79 Å². The Bertz CT molecular complexity index is 1920. The van der Waals surface area contributed by atoms with Crippen molar-refractivity contribution < 1.29 is 27.4 Å². The van der Waals surface area contributed by atoms with E-state index < -0.39 is 50.3 Å². The number of anilines is 2. The number of aromatic nitrogens is 3. The minimum absolute atomic E-state index is 0.0139. The molecule has 0 bridgehead atoms. The summed E-state index contributed by atoms with van der Waals surface area (Å²) in [5, 5.41) is 3.29. The van der Waals surface area contributed by atoms with Gasteiger partial charge in [0.1, 0.15) is 11.6 Å². The van der Waals surface area contributed by atoms with Crippen LogP contribution < -0.4 is 15.0 Å². The lowest BCUT2D eigenvalue weighted by atomic mass is 10.1. The second-order valence-corrected chi connectivity index (χ2v) is 8.08. The molecular weight excluding hydrogens is 464 g/mol. The predicted octanol–water partition coefficient (Wildman–Crippen LogP) is 4.36. The average Bonchev–Trinajstić information content (AvgIpc) is 3.35. The number of hydrogen-bond acceptors (Lipinski definition) is 6. The van der Waals surface area contributed by atoms with Gasteiger partial charge in [0.25, 0.3) is 0 Å². The predicted molar refractivity (Wildman–Crippen MR) is 150 cm³/mol. The smallest absolute Gasteiger partial charge is 0.247 e. The first-order valence-electron chi connectivity index (χ1n) is 17.6. The highest BCUT2D eigenvalue weighted by molar-refractivity contribution is 6.01. The van der Waals surface area contributed by atoms with Crippen molar-refractivity contribution in [2.75, 3.05) is 51.3 Å². The Labute approximate surface area is 236 Å². The van der Waals surface area contributed by atoms with Crippen LogP contribution in [0.15, 0.2) is 67.4 Å². The number of methoxy groups -OCH3 is 1. The van der Waals surface area contributed by atoms with Crippen LogP contribution in [0.5, 0.6) is 5.75 Å². The van der Waals surface area contributed by atoms with Gasteiger partial charge in [-0.15, -0.1) is 0 Å². The van der Waals surface area contributed by atoms with E-state index in [1.165, 1.54) is 19.2 Å². The van der Waals surface area contributed by atoms with Gasteiger partial charge in [0.2, 0.25) is 5.91 Å². The number of likely N-dealkylation sites (N-methyl/N-ethyl adjacent to an activating group) is 2. The molecule has 0 saturated heterocycles. The lowest BCUT2D eigenvalue weighted by molar-refractivity contribution is -0.111. The van der Waals surface area contributed by atoms with Crippen LogP contribution in [0.2, 0.25) is 0 Å². The third-order valence-electron chi connectivity index (χ3n) is 5.68. The zero-order chi connectivity index (χ0) is 37.6. The molecule has 192 valence electrons. The average molecular weight is 512 g/mol. The fraction of sp³-hybridized carbons (Fsp3) is 0.276. The summed E-state index contributed by atoms with van der Waals surface area (Å²) in [6, 6.07) is 11.0. The van der Waals surface area contributed by atoms with Crippen molar-refractivity contribution in [3.8, 4) is 17.0 Å². The van der Waals surface area contributed by atoms with Crippen molar-refractivity contribution >= 4 is 28.2 Å². The van der Waals surface area contributed by atoms with Crippen molar-refractivity contribution in [2.45, 2.75) is 6.42 Å². The monoisotopic (exact) mass is 511 g/mol. The van der Waals surface area contributed by atoms with E-state index in [1.54, 1.807) is 12.3 Å². The molecule has 2 aromatic carbocycles. The molecule has 0 saturated carbocycles. The summed E-state index contributed by atoms with van der Waals surface area (Å²) in [7, 11) is 4.21. The fourth-order valence-electron chi connectivity index (χ4n) is 4.01. The van der Waals surface area contributed by atoms with E-state index in [1.807, 2.05) is 42.1 Å².